The summed E-state index contributed by atoms with van der Waals surface area (Å²) in [6.07, 6.45) is 1.65. The third kappa shape index (κ3) is 1.86. The summed E-state index contributed by atoms with van der Waals surface area (Å²) in [5, 5.41) is 2.85. The minimum Gasteiger partial charge on any atom is -0.368 e. The zero-order chi connectivity index (χ0) is 12.7. The molecule has 2 aliphatic rings. The van der Waals surface area contributed by atoms with Gasteiger partial charge in [-0.2, -0.15) is 4.98 Å². The van der Waals surface area contributed by atoms with Crippen LogP contribution < -0.4 is 16.0 Å². The SMILES string of the molecule is Nc1ncc(Br)c(N2CCN3C(=O)NCC3C2)n1. The maximum Gasteiger partial charge on any atom is 0.317 e. The van der Waals surface area contributed by atoms with Gasteiger partial charge in [-0.05, 0) is 15.9 Å². The number of nitrogens with zero attached hydrogens (tertiary/aromatic N) is 4. The van der Waals surface area contributed by atoms with Crippen LogP contribution in [0.2, 0.25) is 0 Å². The molecule has 0 bridgehead atoms. The van der Waals surface area contributed by atoms with Gasteiger partial charge in [0.1, 0.15) is 5.82 Å². The van der Waals surface area contributed by atoms with Crippen molar-refractivity contribution < 1.29 is 4.79 Å². The molecule has 1 aromatic rings. The topological polar surface area (TPSA) is 87.4 Å². The molecule has 0 saturated carbocycles. The summed E-state index contributed by atoms with van der Waals surface area (Å²) in [5.74, 6) is 1.05. The Balaban J connectivity index is 1.82. The number of fused-ring (bicyclic) bond motifs is 1. The fraction of sp³-hybridized carbons (Fsp3) is 0.500. The van der Waals surface area contributed by atoms with Gasteiger partial charge in [0.2, 0.25) is 5.95 Å². The number of urea groups is 1. The molecule has 1 unspecified atom stereocenters. The summed E-state index contributed by atoms with van der Waals surface area (Å²) in [6, 6.07) is 0.232. The molecule has 0 aliphatic carbocycles. The third-order valence-electron chi connectivity index (χ3n) is 3.28. The number of rotatable bonds is 1. The highest BCUT2D eigenvalue weighted by Gasteiger charge is 2.36. The number of nitrogen functional groups attached to an aromatic ring is 1. The maximum atomic E-state index is 11.5. The second-order valence-corrected chi connectivity index (χ2v) is 5.23. The van der Waals surface area contributed by atoms with Crippen LogP contribution >= 0.6 is 15.9 Å². The van der Waals surface area contributed by atoms with Crippen molar-refractivity contribution >= 4 is 33.7 Å². The van der Waals surface area contributed by atoms with Crippen LogP contribution in [-0.2, 0) is 0 Å². The van der Waals surface area contributed by atoms with Crippen LogP contribution in [0.1, 0.15) is 0 Å². The molecule has 1 atom stereocenters. The summed E-state index contributed by atoms with van der Waals surface area (Å²) in [4.78, 5) is 23.7. The molecule has 3 rings (SSSR count). The summed E-state index contributed by atoms with van der Waals surface area (Å²) in [5.41, 5.74) is 5.62. The highest BCUT2D eigenvalue weighted by atomic mass is 79.9. The summed E-state index contributed by atoms with van der Waals surface area (Å²) >= 11 is 3.43. The van der Waals surface area contributed by atoms with Gasteiger partial charge in [0.15, 0.2) is 0 Å². The molecular weight excluding hydrogens is 300 g/mol. The number of piperazine rings is 1. The number of carbonyl (C=O) groups is 1. The lowest BCUT2D eigenvalue weighted by atomic mass is 10.2. The van der Waals surface area contributed by atoms with E-state index in [1.54, 1.807) is 6.20 Å². The van der Waals surface area contributed by atoms with Gasteiger partial charge in [-0.3, -0.25) is 0 Å². The standard InChI is InChI=1S/C10H13BrN6O/c11-7-4-13-9(12)15-8(7)16-1-2-17-6(5-16)3-14-10(17)18/h4,6H,1-3,5H2,(H,14,18)(H2,12,13,15). The second-order valence-electron chi connectivity index (χ2n) is 4.38. The molecule has 2 saturated heterocycles. The first-order valence-corrected chi connectivity index (χ1v) is 6.52. The van der Waals surface area contributed by atoms with Crippen LogP contribution in [0.15, 0.2) is 10.7 Å². The molecule has 0 aromatic carbocycles. The van der Waals surface area contributed by atoms with E-state index in [1.807, 2.05) is 4.90 Å². The van der Waals surface area contributed by atoms with Gasteiger partial charge in [0, 0.05) is 32.4 Å². The van der Waals surface area contributed by atoms with E-state index < -0.39 is 0 Å². The molecule has 2 aliphatic heterocycles. The van der Waals surface area contributed by atoms with E-state index in [4.69, 9.17) is 5.73 Å². The van der Waals surface area contributed by atoms with Gasteiger partial charge < -0.3 is 20.9 Å². The van der Waals surface area contributed by atoms with Gasteiger partial charge in [-0.25, -0.2) is 9.78 Å². The average Bonchev–Trinajstić information content (AvgIpc) is 2.74. The van der Waals surface area contributed by atoms with Crippen molar-refractivity contribution in [3.05, 3.63) is 10.7 Å². The minimum atomic E-state index is 0.0286. The molecule has 96 valence electrons. The highest BCUT2D eigenvalue weighted by molar-refractivity contribution is 9.10. The van der Waals surface area contributed by atoms with Crippen molar-refractivity contribution in [3.8, 4) is 0 Å². The number of nitrogens with one attached hydrogen (secondary N) is 1. The van der Waals surface area contributed by atoms with Gasteiger partial charge in [0.05, 0.1) is 10.5 Å². The van der Waals surface area contributed by atoms with Crippen molar-refractivity contribution in [2.24, 2.45) is 0 Å². The van der Waals surface area contributed by atoms with E-state index in [0.717, 1.165) is 23.4 Å². The van der Waals surface area contributed by atoms with Crippen LogP contribution in [0.25, 0.3) is 0 Å². The average molecular weight is 313 g/mol. The lowest BCUT2D eigenvalue weighted by Gasteiger charge is -2.37. The molecule has 18 heavy (non-hydrogen) atoms. The van der Waals surface area contributed by atoms with Gasteiger partial charge in [0.25, 0.3) is 0 Å². The lowest BCUT2D eigenvalue weighted by Crippen LogP contribution is -2.52. The Bertz CT molecular complexity index is 495. The molecule has 2 amide bonds. The molecular formula is C10H13BrN6O. The third-order valence-corrected chi connectivity index (χ3v) is 3.84. The number of carbonyl (C=O) groups excluding carboxylic acids is 1. The van der Waals surface area contributed by atoms with Crippen molar-refractivity contribution in [2.45, 2.75) is 6.04 Å². The van der Waals surface area contributed by atoms with Gasteiger partial charge in [-0.15, -0.1) is 0 Å². The smallest absolute Gasteiger partial charge is 0.317 e. The number of hydrogen-bond acceptors (Lipinski definition) is 5. The van der Waals surface area contributed by atoms with E-state index in [0.29, 0.717) is 13.1 Å². The summed E-state index contributed by atoms with van der Waals surface area (Å²) < 4.78 is 0.822. The first kappa shape index (κ1) is 11.5. The first-order valence-electron chi connectivity index (χ1n) is 5.72. The van der Waals surface area contributed by atoms with Crippen molar-refractivity contribution in [1.29, 1.82) is 0 Å². The number of nitrogens with two attached hydrogens (primary N) is 1. The minimum absolute atomic E-state index is 0.0286. The quantitative estimate of drug-likeness (QED) is 0.764. The second kappa shape index (κ2) is 4.27. The molecule has 3 heterocycles. The lowest BCUT2D eigenvalue weighted by molar-refractivity contribution is 0.197. The molecule has 8 heteroatoms. The predicted molar refractivity (Wildman–Crippen MR) is 70.3 cm³/mol. The number of hydrogen-bond donors (Lipinski definition) is 2. The highest BCUT2D eigenvalue weighted by Crippen LogP contribution is 2.26. The Labute approximate surface area is 112 Å². The van der Waals surface area contributed by atoms with Crippen LogP contribution in [0, 0.1) is 0 Å². The van der Waals surface area contributed by atoms with Gasteiger partial charge in [-0.1, -0.05) is 0 Å². The van der Waals surface area contributed by atoms with Crippen LogP contribution in [0.5, 0.6) is 0 Å². The Kier molecular flexibility index (Phi) is 2.73. The Hall–Kier alpha value is -1.57. The van der Waals surface area contributed by atoms with E-state index >= 15 is 0 Å². The zero-order valence-corrected chi connectivity index (χ0v) is 11.2. The van der Waals surface area contributed by atoms with E-state index in [1.165, 1.54) is 0 Å². The zero-order valence-electron chi connectivity index (χ0n) is 9.64. The molecule has 0 spiro atoms. The fourth-order valence-electron chi connectivity index (χ4n) is 2.39. The van der Waals surface area contributed by atoms with Crippen LogP contribution in [0.3, 0.4) is 0 Å². The largest absolute Gasteiger partial charge is 0.368 e. The Morgan fingerprint density at radius 1 is 1.50 bits per heavy atom. The number of amides is 2. The van der Waals surface area contributed by atoms with E-state index in [-0.39, 0.29) is 18.0 Å². The Morgan fingerprint density at radius 3 is 3.17 bits per heavy atom. The van der Waals surface area contributed by atoms with Gasteiger partial charge >= 0.3 is 6.03 Å². The maximum absolute atomic E-state index is 11.5. The normalized spacial score (nSPS) is 22.9. The number of aromatic nitrogens is 2. The van der Waals surface area contributed by atoms with Crippen molar-refractivity contribution in [2.75, 3.05) is 36.8 Å². The summed E-state index contributed by atoms with van der Waals surface area (Å²) in [7, 11) is 0. The fourth-order valence-corrected chi connectivity index (χ4v) is 2.83. The Morgan fingerprint density at radius 2 is 2.33 bits per heavy atom. The molecule has 1 aromatic heterocycles. The van der Waals surface area contributed by atoms with Crippen LogP contribution in [0.4, 0.5) is 16.6 Å². The molecule has 3 N–H and O–H groups in total. The molecule has 2 fully saturated rings. The first-order chi connectivity index (χ1) is 8.65. The van der Waals surface area contributed by atoms with E-state index in [2.05, 4.69) is 36.1 Å². The van der Waals surface area contributed by atoms with Crippen molar-refractivity contribution in [1.82, 2.24) is 20.2 Å². The number of halogens is 1. The van der Waals surface area contributed by atoms with E-state index in [9.17, 15) is 4.79 Å². The molecule has 7 nitrogen and oxygen atoms in total. The summed E-state index contributed by atoms with van der Waals surface area (Å²) in [6.45, 7) is 2.90. The monoisotopic (exact) mass is 312 g/mol. The van der Waals surface area contributed by atoms with Crippen molar-refractivity contribution in [3.63, 3.8) is 0 Å². The molecule has 0 radical (unpaired) electrons. The predicted octanol–water partition coefficient (Wildman–Crippen LogP) is 0.0351. The number of anilines is 2. The van der Waals surface area contributed by atoms with Crippen LogP contribution in [-0.4, -0.2) is 53.1 Å².